The quantitative estimate of drug-likeness (QED) is 0.866. The number of benzene rings is 1. The molecule has 0 aliphatic carbocycles. The summed E-state index contributed by atoms with van der Waals surface area (Å²) in [6.07, 6.45) is 4.89. The fourth-order valence-corrected chi connectivity index (χ4v) is 3.41. The van der Waals surface area contributed by atoms with Crippen molar-refractivity contribution in [2.75, 3.05) is 26.7 Å². The van der Waals surface area contributed by atoms with Gasteiger partial charge in [0.2, 0.25) is 0 Å². The van der Waals surface area contributed by atoms with Gasteiger partial charge < -0.3 is 10.2 Å². The summed E-state index contributed by atoms with van der Waals surface area (Å²) in [7, 11) is 1.97. The second kappa shape index (κ2) is 9.14. The summed E-state index contributed by atoms with van der Waals surface area (Å²) in [5, 5.41) is 7.51. The molecule has 0 unspecified atom stereocenters. The molecule has 26 heavy (non-hydrogen) atoms. The van der Waals surface area contributed by atoms with Gasteiger partial charge in [-0.25, -0.2) is 9.07 Å². The molecule has 0 radical (unpaired) electrons. The fourth-order valence-electron chi connectivity index (χ4n) is 3.41. The minimum absolute atomic E-state index is 0. The predicted molar refractivity (Wildman–Crippen MR) is 103 cm³/mol. The van der Waals surface area contributed by atoms with E-state index in [1.54, 1.807) is 23.0 Å². The van der Waals surface area contributed by atoms with E-state index in [0.29, 0.717) is 11.5 Å². The van der Waals surface area contributed by atoms with Crippen molar-refractivity contribution in [3.05, 3.63) is 47.5 Å². The second-order valence-electron chi connectivity index (χ2n) is 6.66. The fraction of sp³-hybridized carbons (Fsp3) is 0.474. The van der Waals surface area contributed by atoms with Gasteiger partial charge >= 0.3 is 0 Å². The van der Waals surface area contributed by atoms with Crippen LogP contribution in [0.5, 0.6) is 0 Å². The van der Waals surface area contributed by atoms with Crippen LogP contribution in [0, 0.1) is 18.7 Å². The highest BCUT2D eigenvalue weighted by Gasteiger charge is 2.25. The Morgan fingerprint density at radius 2 is 1.92 bits per heavy atom. The summed E-state index contributed by atoms with van der Waals surface area (Å²) in [5.41, 5.74) is 2.16. The number of hydrogen-bond acceptors (Lipinski definition) is 3. The van der Waals surface area contributed by atoms with Gasteiger partial charge in [-0.3, -0.25) is 4.79 Å². The zero-order valence-corrected chi connectivity index (χ0v) is 16.1. The number of amides is 1. The molecule has 0 atom stereocenters. The first kappa shape index (κ1) is 20.4. The minimum atomic E-state index is -0.286. The highest BCUT2D eigenvalue weighted by Crippen LogP contribution is 2.23. The number of nitrogens with zero attached hydrogens (tertiary/aromatic N) is 3. The summed E-state index contributed by atoms with van der Waals surface area (Å²) >= 11 is 0. The van der Waals surface area contributed by atoms with Crippen LogP contribution in [0.1, 0.15) is 35.3 Å². The summed E-state index contributed by atoms with van der Waals surface area (Å²) in [6, 6.07) is 6.12. The molecule has 1 aromatic carbocycles. The Labute approximate surface area is 160 Å². The number of carbonyl (C=O) groups excluding carboxylic acids is 1. The lowest BCUT2D eigenvalue weighted by molar-refractivity contribution is 0.0686. The smallest absolute Gasteiger partial charge is 0.257 e. The van der Waals surface area contributed by atoms with Crippen LogP contribution in [-0.4, -0.2) is 47.3 Å². The summed E-state index contributed by atoms with van der Waals surface area (Å²) in [5.74, 6) is 0.448. The first-order chi connectivity index (χ1) is 12.1. The highest BCUT2D eigenvalue weighted by molar-refractivity contribution is 5.95. The summed E-state index contributed by atoms with van der Waals surface area (Å²) in [6.45, 7) is 4.51. The van der Waals surface area contributed by atoms with Crippen LogP contribution in [-0.2, 0) is 0 Å². The topological polar surface area (TPSA) is 50.2 Å². The van der Waals surface area contributed by atoms with Crippen molar-refractivity contribution in [1.29, 1.82) is 0 Å². The molecule has 1 amide bonds. The molecule has 2 heterocycles. The molecule has 2 aromatic rings. The number of hydrogen-bond donors (Lipinski definition) is 1. The number of aromatic nitrogens is 2. The van der Waals surface area contributed by atoms with Gasteiger partial charge in [-0.1, -0.05) is 0 Å². The van der Waals surface area contributed by atoms with Crippen LogP contribution in [0.3, 0.4) is 0 Å². The zero-order chi connectivity index (χ0) is 17.8. The van der Waals surface area contributed by atoms with Crippen molar-refractivity contribution in [2.24, 2.45) is 5.92 Å². The van der Waals surface area contributed by atoms with E-state index in [4.69, 9.17) is 0 Å². The number of piperidine rings is 1. The predicted octanol–water partition coefficient (Wildman–Crippen LogP) is 3.20. The Bertz CT molecular complexity index is 724. The maximum Gasteiger partial charge on any atom is 0.257 e. The third-order valence-corrected chi connectivity index (χ3v) is 5.02. The highest BCUT2D eigenvalue weighted by atomic mass is 35.5. The van der Waals surface area contributed by atoms with E-state index in [1.165, 1.54) is 18.6 Å². The standard InChI is InChI=1S/C19H25FN4O.ClH/c1-14-18(13-22-24(14)17-5-3-16(20)4-6-17)19(25)23-11-8-15(9-12-23)7-10-21-2;/h3-6,13,15,21H,7-12H2,1-2H3;1H. The van der Waals surface area contributed by atoms with E-state index >= 15 is 0 Å². The van der Waals surface area contributed by atoms with Crippen molar-refractivity contribution in [2.45, 2.75) is 26.2 Å². The molecule has 142 valence electrons. The molecule has 1 aliphatic rings. The molecule has 0 bridgehead atoms. The van der Waals surface area contributed by atoms with Crippen molar-refractivity contribution < 1.29 is 9.18 Å². The average molecular weight is 381 g/mol. The molecule has 3 rings (SSSR count). The van der Waals surface area contributed by atoms with Crippen LogP contribution < -0.4 is 5.32 Å². The Morgan fingerprint density at radius 3 is 2.54 bits per heavy atom. The monoisotopic (exact) mass is 380 g/mol. The first-order valence-corrected chi connectivity index (χ1v) is 8.84. The van der Waals surface area contributed by atoms with Crippen molar-refractivity contribution >= 4 is 18.3 Å². The van der Waals surface area contributed by atoms with E-state index in [0.717, 1.165) is 43.9 Å². The molecule has 7 heteroatoms. The van der Waals surface area contributed by atoms with Crippen LogP contribution >= 0.6 is 12.4 Å². The van der Waals surface area contributed by atoms with E-state index in [1.807, 2.05) is 18.9 Å². The Morgan fingerprint density at radius 1 is 1.27 bits per heavy atom. The Kier molecular flexibility index (Phi) is 7.17. The third-order valence-electron chi connectivity index (χ3n) is 5.02. The van der Waals surface area contributed by atoms with Gasteiger partial charge in [0.05, 0.1) is 23.1 Å². The maximum atomic E-state index is 13.1. The van der Waals surface area contributed by atoms with Gasteiger partial charge in [0, 0.05) is 13.1 Å². The molecule has 1 aliphatic heterocycles. The van der Waals surface area contributed by atoms with E-state index in [2.05, 4.69) is 10.4 Å². The number of nitrogens with one attached hydrogen (secondary N) is 1. The molecule has 1 fully saturated rings. The SMILES string of the molecule is CNCCC1CCN(C(=O)c2cnn(-c3ccc(F)cc3)c2C)CC1.Cl. The molecule has 1 N–H and O–H groups in total. The van der Waals surface area contributed by atoms with Crippen LogP contribution in [0.2, 0.25) is 0 Å². The van der Waals surface area contributed by atoms with Gasteiger partial charge in [0.15, 0.2) is 0 Å². The molecule has 0 saturated carbocycles. The third kappa shape index (κ3) is 4.43. The zero-order valence-electron chi connectivity index (χ0n) is 15.2. The minimum Gasteiger partial charge on any atom is -0.339 e. The second-order valence-corrected chi connectivity index (χ2v) is 6.66. The van der Waals surface area contributed by atoms with E-state index < -0.39 is 0 Å². The Hall–Kier alpha value is -1.92. The average Bonchev–Trinajstić information content (AvgIpc) is 3.02. The molecular formula is C19H26ClFN4O. The van der Waals surface area contributed by atoms with Gasteiger partial charge in [-0.15, -0.1) is 12.4 Å². The van der Waals surface area contributed by atoms with Gasteiger partial charge in [0.1, 0.15) is 5.82 Å². The van der Waals surface area contributed by atoms with Crippen LogP contribution in [0.15, 0.2) is 30.5 Å². The van der Waals surface area contributed by atoms with Gasteiger partial charge in [-0.05, 0) is 70.0 Å². The molecule has 1 aromatic heterocycles. The number of rotatable bonds is 5. The number of halogens is 2. The van der Waals surface area contributed by atoms with Crippen molar-refractivity contribution in [1.82, 2.24) is 20.0 Å². The molecular weight excluding hydrogens is 355 g/mol. The lowest BCUT2D eigenvalue weighted by Gasteiger charge is -2.32. The summed E-state index contributed by atoms with van der Waals surface area (Å²) < 4.78 is 14.8. The number of carbonyl (C=O) groups is 1. The molecule has 5 nitrogen and oxygen atoms in total. The van der Waals surface area contributed by atoms with Crippen LogP contribution in [0.25, 0.3) is 5.69 Å². The first-order valence-electron chi connectivity index (χ1n) is 8.84. The van der Waals surface area contributed by atoms with Crippen LogP contribution in [0.4, 0.5) is 4.39 Å². The molecule has 0 spiro atoms. The van der Waals surface area contributed by atoms with Gasteiger partial charge in [0.25, 0.3) is 5.91 Å². The van der Waals surface area contributed by atoms with E-state index in [9.17, 15) is 9.18 Å². The van der Waals surface area contributed by atoms with Crippen molar-refractivity contribution in [3.8, 4) is 5.69 Å². The number of likely N-dealkylation sites (tertiary alicyclic amines) is 1. The summed E-state index contributed by atoms with van der Waals surface area (Å²) in [4.78, 5) is 14.8. The lowest BCUT2D eigenvalue weighted by Crippen LogP contribution is -2.39. The normalized spacial score (nSPS) is 15.0. The lowest BCUT2D eigenvalue weighted by atomic mass is 9.93. The maximum absolute atomic E-state index is 13.1. The molecule has 1 saturated heterocycles. The van der Waals surface area contributed by atoms with Crippen molar-refractivity contribution in [3.63, 3.8) is 0 Å². The largest absolute Gasteiger partial charge is 0.339 e. The van der Waals surface area contributed by atoms with E-state index in [-0.39, 0.29) is 24.1 Å². The Balaban J connectivity index is 0.00000243. The van der Waals surface area contributed by atoms with Gasteiger partial charge in [-0.2, -0.15) is 5.10 Å².